The van der Waals surface area contributed by atoms with Gasteiger partial charge < -0.3 is 15.4 Å². The molecule has 146 valence electrons. The number of nitriles is 1. The van der Waals surface area contributed by atoms with E-state index < -0.39 is 6.04 Å². The summed E-state index contributed by atoms with van der Waals surface area (Å²) in [5.74, 6) is 0.0919. The Morgan fingerprint density at radius 1 is 1.21 bits per heavy atom. The lowest BCUT2D eigenvalue weighted by molar-refractivity contribution is -0.122. The molecule has 0 aliphatic carbocycles. The molecule has 0 bridgehead atoms. The molecule has 0 radical (unpaired) electrons. The van der Waals surface area contributed by atoms with Crippen LogP contribution in [0.3, 0.4) is 0 Å². The molecule has 0 unspecified atom stereocenters. The third kappa shape index (κ3) is 5.71. The molecule has 7 nitrogen and oxygen atoms in total. The molecule has 0 aliphatic heterocycles. The molecule has 2 N–H and O–H groups in total. The van der Waals surface area contributed by atoms with Gasteiger partial charge in [0.2, 0.25) is 11.8 Å². The van der Waals surface area contributed by atoms with Crippen molar-refractivity contribution in [3.05, 3.63) is 53.1 Å². The zero-order valence-electron chi connectivity index (χ0n) is 15.8. The first-order valence-corrected chi connectivity index (χ1v) is 8.86. The van der Waals surface area contributed by atoms with Crippen molar-refractivity contribution in [1.29, 1.82) is 5.26 Å². The minimum atomic E-state index is -0.564. The van der Waals surface area contributed by atoms with Crippen LogP contribution in [0.1, 0.15) is 12.5 Å². The molecular weight excluding hydrogens is 380 g/mol. The largest absolute Gasteiger partial charge is 0.497 e. The number of halogens is 1. The van der Waals surface area contributed by atoms with E-state index in [9.17, 15) is 9.59 Å². The monoisotopic (exact) mass is 400 g/mol. The summed E-state index contributed by atoms with van der Waals surface area (Å²) in [6.07, 6.45) is 0. The highest BCUT2D eigenvalue weighted by atomic mass is 35.5. The number of methoxy groups -OCH3 is 1. The van der Waals surface area contributed by atoms with E-state index in [1.807, 2.05) is 6.07 Å². The van der Waals surface area contributed by atoms with Gasteiger partial charge in [0.25, 0.3) is 0 Å². The lowest BCUT2D eigenvalue weighted by Crippen LogP contribution is -2.43. The standard InChI is InChI=1S/C20H21ClN4O3/c1-13(20(27)24-16-8-7-14(11-22)18(21)10-16)25(2)12-19(26)23-15-5-4-6-17(9-15)28-3/h4-10,13H,12H2,1-3H3,(H,23,26)(H,24,27)/t13-/m1/s1. The highest BCUT2D eigenvalue weighted by Crippen LogP contribution is 2.20. The van der Waals surface area contributed by atoms with E-state index in [0.717, 1.165) is 0 Å². The highest BCUT2D eigenvalue weighted by molar-refractivity contribution is 6.32. The number of benzene rings is 2. The van der Waals surface area contributed by atoms with Gasteiger partial charge >= 0.3 is 0 Å². The average molecular weight is 401 g/mol. The number of amides is 2. The first-order chi connectivity index (χ1) is 13.3. The second-order valence-corrected chi connectivity index (χ2v) is 6.57. The fraction of sp³-hybridized carbons (Fsp3) is 0.250. The molecule has 1 atom stereocenters. The highest BCUT2D eigenvalue weighted by Gasteiger charge is 2.20. The van der Waals surface area contributed by atoms with Gasteiger partial charge in [-0.15, -0.1) is 0 Å². The Labute approximate surface area is 168 Å². The van der Waals surface area contributed by atoms with Crippen molar-refractivity contribution < 1.29 is 14.3 Å². The van der Waals surface area contributed by atoms with E-state index in [4.69, 9.17) is 21.6 Å². The second-order valence-electron chi connectivity index (χ2n) is 6.17. The molecule has 0 aliphatic rings. The normalized spacial score (nSPS) is 11.4. The quantitative estimate of drug-likeness (QED) is 0.744. The number of anilines is 2. The van der Waals surface area contributed by atoms with Gasteiger partial charge in [-0.05, 0) is 44.3 Å². The Hall–Kier alpha value is -3.08. The number of nitrogens with one attached hydrogen (secondary N) is 2. The average Bonchev–Trinajstić information content (AvgIpc) is 2.67. The SMILES string of the molecule is COc1cccc(NC(=O)CN(C)[C@H](C)C(=O)Nc2ccc(C#N)c(Cl)c2)c1. The van der Waals surface area contributed by atoms with E-state index in [2.05, 4.69) is 10.6 Å². The van der Waals surface area contributed by atoms with Crippen LogP contribution in [-0.2, 0) is 9.59 Å². The van der Waals surface area contributed by atoms with Gasteiger partial charge in [-0.1, -0.05) is 17.7 Å². The third-order valence-corrected chi connectivity index (χ3v) is 4.46. The summed E-state index contributed by atoms with van der Waals surface area (Å²) >= 11 is 5.98. The van der Waals surface area contributed by atoms with E-state index in [0.29, 0.717) is 22.7 Å². The molecule has 0 saturated heterocycles. The van der Waals surface area contributed by atoms with Gasteiger partial charge in [0.1, 0.15) is 11.8 Å². The van der Waals surface area contributed by atoms with Crippen molar-refractivity contribution >= 4 is 34.8 Å². The topological polar surface area (TPSA) is 94.5 Å². The maximum Gasteiger partial charge on any atom is 0.241 e. The van der Waals surface area contributed by atoms with Gasteiger partial charge in [0.15, 0.2) is 0 Å². The van der Waals surface area contributed by atoms with E-state index in [1.165, 1.54) is 12.1 Å². The van der Waals surface area contributed by atoms with Crippen molar-refractivity contribution in [1.82, 2.24) is 4.90 Å². The maximum absolute atomic E-state index is 12.4. The first kappa shape index (κ1) is 21.2. The van der Waals surface area contributed by atoms with Crippen LogP contribution in [0, 0.1) is 11.3 Å². The number of hydrogen-bond acceptors (Lipinski definition) is 5. The van der Waals surface area contributed by atoms with Crippen LogP contribution in [0.5, 0.6) is 5.75 Å². The molecule has 0 heterocycles. The third-order valence-electron chi connectivity index (χ3n) is 4.14. The number of nitrogens with zero attached hydrogens (tertiary/aromatic N) is 2. The number of carbonyl (C=O) groups excluding carboxylic acids is 2. The van der Waals surface area contributed by atoms with E-state index in [1.54, 1.807) is 56.3 Å². The lowest BCUT2D eigenvalue weighted by Gasteiger charge is -2.23. The van der Waals surface area contributed by atoms with Crippen LogP contribution in [-0.4, -0.2) is 43.5 Å². The lowest BCUT2D eigenvalue weighted by atomic mass is 10.2. The number of hydrogen-bond donors (Lipinski definition) is 2. The van der Waals surface area contributed by atoms with Gasteiger partial charge in [-0.3, -0.25) is 14.5 Å². The van der Waals surface area contributed by atoms with Crippen molar-refractivity contribution in [2.45, 2.75) is 13.0 Å². The molecule has 2 aromatic rings. The van der Waals surface area contributed by atoms with Crippen LogP contribution in [0.4, 0.5) is 11.4 Å². The Morgan fingerprint density at radius 3 is 2.57 bits per heavy atom. The second kappa shape index (κ2) is 9.74. The molecule has 0 aromatic heterocycles. The van der Waals surface area contributed by atoms with Crippen LogP contribution < -0.4 is 15.4 Å². The number of ether oxygens (including phenoxy) is 1. The van der Waals surface area contributed by atoms with Crippen molar-refractivity contribution in [2.75, 3.05) is 31.3 Å². The zero-order valence-corrected chi connectivity index (χ0v) is 16.6. The van der Waals surface area contributed by atoms with E-state index in [-0.39, 0.29) is 23.4 Å². The van der Waals surface area contributed by atoms with Gasteiger partial charge in [-0.2, -0.15) is 5.26 Å². The van der Waals surface area contributed by atoms with E-state index >= 15 is 0 Å². The summed E-state index contributed by atoms with van der Waals surface area (Å²) in [6, 6.07) is 13.1. The summed E-state index contributed by atoms with van der Waals surface area (Å²) in [5, 5.41) is 14.7. The number of carbonyl (C=O) groups is 2. The summed E-state index contributed by atoms with van der Waals surface area (Å²) in [7, 11) is 3.23. The predicted octanol–water partition coefficient (Wildman–Crippen LogP) is 3.12. The van der Waals surface area contributed by atoms with Crippen LogP contribution >= 0.6 is 11.6 Å². The Morgan fingerprint density at radius 2 is 1.93 bits per heavy atom. The molecule has 0 saturated carbocycles. The smallest absolute Gasteiger partial charge is 0.241 e. The van der Waals surface area contributed by atoms with Gasteiger partial charge in [-0.25, -0.2) is 0 Å². The predicted molar refractivity (Wildman–Crippen MR) is 109 cm³/mol. The van der Waals surface area contributed by atoms with Crippen LogP contribution in [0.25, 0.3) is 0 Å². The first-order valence-electron chi connectivity index (χ1n) is 8.48. The summed E-state index contributed by atoms with van der Waals surface area (Å²) in [5.41, 5.74) is 1.43. The molecule has 8 heteroatoms. The number of likely N-dealkylation sites (N-methyl/N-ethyl adjacent to an activating group) is 1. The van der Waals surface area contributed by atoms with Crippen molar-refractivity contribution in [2.24, 2.45) is 0 Å². The fourth-order valence-electron chi connectivity index (χ4n) is 2.40. The fourth-order valence-corrected chi connectivity index (χ4v) is 2.62. The van der Waals surface area contributed by atoms with Gasteiger partial charge in [0.05, 0.1) is 30.3 Å². The minimum absolute atomic E-state index is 0.0277. The Bertz CT molecular complexity index is 911. The summed E-state index contributed by atoms with van der Waals surface area (Å²) in [6.45, 7) is 1.72. The molecule has 0 spiro atoms. The summed E-state index contributed by atoms with van der Waals surface area (Å²) in [4.78, 5) is 26.3. The molecule has 2 rings (SSSR count). The van der Waals surface area contributed by atoms with Crippen molar-refractivity contribution in [3.8, 4) is 11.8 Å². The Balaban J connectivity index is 1.92. The summed E-state index contributed by atoms with van der Waals surface area (Å²) < 4.78 is 5.12. The number of rotatable bonds is 7. The molecule has 2 amide bonds. The van der Waals surface area contributed by atoms with Crippen LogP contribution in [0.2, 0.25) is 5.02 Å². The molecule has 2 aromatic carbocycles. The molecule has 0 fully saturated rings. The van der Waals surface area contributed by atoms with Gasteiger partial charge in [0, 0.05) is 17.4 Å². The Kier molecular flexibility index (Phi) is 7.38. The van der Waals surface area contributed by atoms with Crippen molar-refractivity contribution in [3.63, 3.8) is 0 Å². The molecular formula is C20H21ClN4O3. The minimum Gasteiger partial charge on any atom is -0.497 e. The zero-order chi connectivity index (χ0) is 20.7. The van der Waals surface area contributed by atoms with Crippen LogP contribution in [0.15, 0.2) is 42.5 Å². The molecule has 28 heavy (non-hydrogen) atoms. The maximum atomic E-state index is 12.4.